The van der Waals surface area contributed by atoms with Crippen molar-refractivity contribution in [1.82, 2.24) is 9.55 Å². The SMILES string of the molecule is O=C(O)CSc1nc2cccc(Cl)c2n1CC1CCC1. The molecule has 0 unspecified atom stereocenters. The highest BCUT2D eigenvalue weighted by molar-refractivity contribution is 7.99. The number of benzene rings is 1. The zero-order valence-corrected chi connectivity index (χ0v) is 12.5. The van der Waals surface area contributed by atoms with Gasteiger partial charge in [-0.3, -0.25) is 4.79 Å². The third kappa shape index (κ3) is 2.65. The summed E-state index contributed by atoms with van der Waals surface area (Å²) in [5, 5.41) is 10.3. The summed E-state index contributed by atoms with van der Waals surface area (Å²) in [6, 6.07) is 5.65. The molecule has 1 aromatic carbocycles. The quantitative estimate of drug-likeness (QED) is 0.856. The van der Waals surface area contributed by atoms with Crippen molar-refractivity contribution in [3.8, 4) is 0 Å². The Morgan fingerprint density at radius 3 is 2.95 bits per heavy atom. The molecular weight excluding hydrogens is 296 g/mol. The number of hydrogen-bond donors (Lipinski definition) is 1. The molecule has 6 heteroatoms. The fourth-order valence-corrected chi connectivity index (χ4v) is 3.47. The van der Waals surface area contributed by atoms with E-state index >= 15 is 0 Å². The monoisotopic (exact) mass is 310 g/mol. The zero-order valence-electron chi connectivity index (χ0n) is 10.9. The molecule has 0 spiro atoms. The van der Waals surface area contributed by atoms with E-state index in [0.717, 1.165) is 22.7 Å². The number of carbonyl (C=O) groups is 1. The van der Waals surface area contributed by atoms with Crippen molar-refractivity contribution in [3.05, 3.63) is 23.2 Å². The lowest BCUT2D eigenvalue weighted by molar-refractivity contribution is -0.133. The highest BCUT2D eigenvalue weighted by atomic mass is 35.5. The van der Waals surface area contributed by atoms with Crippen molar-refractivity contribution in [3.63, 3.8) is 0 Å². The van der Waals surface area contributed by atoms with Crippen molar-refractivity contribution >= 4 is 40.4 Å². The molecule has 0 radical (unpaired) electrons. The number of nitrogens with zero attached hydrogens (tertiary/aromatic N) is 2. The Balaban J connectivity index is 1.99. The molecule has 1 aromatic heterocycles. The van der Waals surface area contributed by atoms with Crippen molar-refractivity contribution in [2.45, 2.75) is 31.0 Å². The van der Waals surface area contributed by atoms with Gasteiger partial charge in [-0.15, -0.1) is 0 Å². The lowest BCUT2D eigenvalue weighted by Crippen LogP contribution is -2.18. The maximum atomic E-state index is 10.8. The number of thioether (sulfide) groups is 1. The van der Waals surface area contributed by atoms with Gasteiger partial charge in [0.15, 0.2) is 5.16 Å². The fourth-order valence-electron chi connectivity index (χ4n) is 2.46. The van der Waals surface area contributed by atoms with Crippen LogP contribution in [-0.4, -0.2) is 26.4 Å². The van der Waals surface area contributed by atoms with E-state index in [0.29, 0.717) is 10.9 Å². The molecular formula is C14H15ClN2O2S. The Kier molecular flexibility index (Phi) is 3.89. The second-order valence-corrected chi connectivity index (χ2v) is 6.44. The molecule has 1 fully saturated rings. The van der Waals surface area contributed by atoms with E-state index < -0.39 is 5.97 Å². The summed E-state index contributed by atoms with van der Waals surface area (Å²) in [6.45, 7) is 0.877. The summed E-state index contributed by atoms with van der Waals surface area (Å²) in [7, 11) is 0. The summed E-state index contributed by atoms with van der Waals surface area (Å²) in [5.41, 5.74) is 1.76. The van der Waals surface area contributed by atoms with Crippen LogP contribution in [0.15, 0.2) is 23.4 Å². The molecule has 20 heavy (non-hydrogen) atoms. The minimum absolute atomic E-state index is 0.0195. The normalized spacial score (nSPS) is 15.4. The second kappa shape index (κ2) is 5.66. The van der Waals surface area contributed by atoms with E-state index in [9.17, 15) is 4.79 Å². The molecule has 1 aliphatic carbocycles. The van der Waals surface area contributed by atoms with Crippen molar-refractivity contribution in [2.24, 2.45) is 5.92 Å². The van der Waals surface area contributed by atoms with Crippen molar-refractivity contribution in [1.29, 1.82) is 0 Å². The molecule has 1 N–H and O–H groups in total. The van der Waals surface area contributed by atoms with E-state index in [1.54, 1.807) is 0 Å². The molecule has 3 rings (SSSR count). The van der Waals surface area contributed by atoms with Gasteiger partial charge >= 0.3 is 5.97 Å². The summed E-state index contributed by atoms with van der Waals surface area (Å²) < 4.78 is 2.09. The fraction of sp³-hybridized carbons (Fsp3) is 0.429. The molecule has 0 amide bonds. The Labute approximate surface area is 126 Å². The van der Waals surface area contributed by atoms with Gasteiger partial charge < -0.3 is 9.67 Å². The van der Waals surface area contributed by atoms with Crippen LogP contribution in [0.4, 0.5) is 0 Å². The summed E-state index contributed by atoms with van der Waals surface area (Å²) in [6.07, 6.45) is 3.74. The predicted octanol–water partition coefficient (Wildman–Crippen LogP) is 3.67. The first-order valence-corrected chi connectivity index (χ1v) is 8.01. The summed E-state index contributed by atoms with van der Waals surface area (Å²) in [5.74, 6) is -0.151. The number of aromatic nitrogens is 2. The molecule has 0 aliphatic heterocycles. The molecule has 2 aromatic rings. The number of imidazole rings is 1. The average Bonchev–Trinajstić information content (AvgIpc) is 2.70. The van der Waals surface area contributed by atoms with Crippen molar-refractivity contribution in [2.75, 3.05) is 5.75 Å². The van der Waals surface area contributed by atoms with Crippen LogP contribution in [0.1, 0.15) is 19.3 Å². The van der Waals surface area contributed by atoms with Crippen LogP contribution in [0.25, 0.3) is 11.0 Å². The van der Waals surface area contributed by atoms with Gasteiger partial charge in [0.1, 0.15) is 0 Å². The molecule has 1 saturated carbocycles. The number of rotatable bonds is 5. The van der Waals surface area contributed by atoms with Crippen LogP contribution >= 0.6 is 23.4 Å². The van der Waals surface area contributed by atoms with Gasteiger partial charge in [-0.25, -0.2) is 4.98 Å². The van der Waals surface area contributed by atoms with Crippen LogP contribution in [0.2, 0.25) is 5.02 Å². The number of aliphatic carboxylic acids is 1. The largest absolute Gasteiger partial charge is 0.481 e. The van der Waals surface area contributed by atoms with E-state index in [1.807, 2.05) is 18.2 Å². The van der Waals surface area contributed by atoms with Crippen molar-refractivity contribution < 1.29 is 9.90 Å². The lowest BCUT2D eigenvalue weighted by atomic mass is 9.85. The first kappa shape index (κ1) is 13.8. The van der Waals surface area contributed by atoms with Gasteiger partial charge in [0.05, 0.1) is 21.8 Å². The molecule has 0 saturated heterocycles. The molecule has 0 bridgehead atoms. The number of halogens is 1. The lowest BCUT2D eigenvalue weighted by Gasteiger charge is -2.26. The maximum Gasteiger partial charge on any atom is 0.313 e. The molecule has 1 heterocycles. The van der Waals surface area contributed by atoms with E-state index in [4.69, 9.17) is 16.7 Å². The van der Waals surface area contributed by atoms with E-state index in [1.165, 1.54) is 31.0 Å². The highest BCUT2D eigenvalue weighted by Gasteiger charge is 2.22. The van der Waals surface area contributed by atoms with Crippen LogP contribution < -0.4 is 0 Å². The number of carboxylic acids is 1. The van der Waals surface area contributed by atoms with Crippen LogP contribution in [-0.2, 0) is 11.3 Å². The third-order valence-electron chi connectivity index (χ3n) is 3.67. The van der Waals surface area contributed by atoms with Gasteiger partial charge in [0.25, 0.3) is 0 Å². The summed E-state index contributed by atoms with van der Waals surface area (Å²) >= 11 is 7.56. The van der Waals surface area contributed by atoms with Crippen LogP contribution in [0.3, 0.4) is 0 Å². The van der Waals surface area contributed by atoms with Gasteiger partial charge in [-0.2, -0.15) is 0 Å². The topological polar surface area (TPSA) is 55.1 Å². The molecule has 4 nitrogen and oxygen atoms in total. The zero-order chi connectivity index (χ0) is 14.1. The Morgan fingerprint density at radius 2 is 2.30 bits per heavy atom. The van der Waals surface area contributed by atoms with Gasteiger partial charge in [-0.1, -0.05) is 35.9 Å². The minimum Gasteiger partial charge on any atom is -0.481 e. The van der Waals surface area contributed by atoms with E-state index in [2.05, 4.69) is 9.55 Å². The molecule has 0 atom stereocenters. The van der Waals surface area contributed by atoms with Gasteiger partial charge in [0, 0.05) is 6.54 Å². The smallest absolute Gasteiger partial charge is 0.313 e. The number of hydrogen-bond acceptors (Lipinski definition) is 3. The van der Waals surface area contributed by atoms with Gasteiger partial charge in [-0.05, 0) is 30.9 Å². The maximum absolute atomic E-state index is 10.8. The average molecular weight is 311 g/mol. The Morgan fingerprint density at radius 1 is 1.50 bits per heavy atom. The predicted molar refractivity (Wildman–Crippen MR) is 80.4 cm³/mol. The number of fused-ring (bicyclic) bond motifs is 1. The highest BCUT2D eigenvalue weighted by Crippen LogP contribution is 2.34. The molecule has 106 valence electrons. The first-order valence-electron chi connectivity index (χ1n) is 6.64. The third-order valence-corrected chi connectivity index (χ3v) is 4.94. The van der Waals surface area contributed by atoms with Gasteiger partial charge in [0.2, 0.25) is 0 Å². The Hall–Kier alpha value is -1.20. The standard InChI is InChI=1S/C14H15ClN2O2S/c15-10-5-2-6-11-13(10)17(7-9-3-1-4-9)14(16-11)20-8-12(18)19/h2,5-6,9H,1,3-4,7-8H2,(H,18,19). The minimum atomic E-state index is -0.830. The van der Waals surface area contributed by atoms with E-state index in [-0.39, 0.29) is 5.75 Å². The summed E-state index contributed by atoms with van der Waals surface area (Å²) in [4.78, 5) is 15.3. The number of para-hydroxylation sites is 1. The first-order chi connectivity index (χ1) is 9.65. The second-order valence-electron chi connectivity index (χ2n) is 5.09. The Bertz CT molecular complexity index is 652. The van der Waals surface area contributed by atoms with Crippen LogP contribution in [0, 0.1) is 5.92 Å². The molecule has 1 aliphatic rings. The number of carboxylic acid groups (broad SMARTS) is 1. The van der Waals surface area contributed by atoms with Crippen LogP contribution in [0.5, 0.6) is 0 Å².